The van der Waals surface area contributed by atoms with Crippen LogP contribution in [0.3, 0.4) is 0 Å². The van der Waals surface area contributed by atoms with Crippen LogP contribution in [-0.2, 0) is 6.42 Å². The summed E-state index contributed by atoms with van der Waals surface area (Å²) >= 11 is 12.7. The lowest BCUT2D eigenvalue weighted by Gasteiger charge is -2.00. The van der Waals surface area contributed by atoms with Crippen molar-refractivity contribution >= 4 is 40.1 Å². The molecule has 1 aromatic rings. The highest BCUT2D eigenvalue weighted by atomic mass is 35.5. The van der Waals surface area contributed by atoms with Crippen LogP contribution in [0.2, 0.25) is 4.34 Å². The van der Waals surface area contributed by atoms with Crippen molar-refractivity contribution in [3.05, 3.63) is 20.8 Å². The molecule has 0 saturated heterocycles. The number of hydrogen-bond donors (Lipinski definition) is 1. The fourth-order valence-electron chi connectivity index (χ4n) is 1.32. The molecule has 0 saturated carbocycles. The average molecular weight is 218 g/mol. The molecule has 0 amide bonds. The lowest BCUT2D eigenvalue weighted by molar-refractivity contribution is 0.800. The van der Waals surface area contributed by atoms with Crippen molar-refractivity contribution < 1.29 is 0 Å². The molecule has 0 bridgehead atoms. The van der Waals surface area contributed by atoms with Gasteiger partial charge in [0, 0.05) is 17.0 Å². The van der Waals surface area contributed by atoms with Gasteiger partial charge in [-0.05, 0) is 18.9 Å². The molecular weight excluding hydrogens is 210 g/mol. The van der Waals surface area contributed by atoms with Gasteiger partial charge in [0.15, 0.2) is 0 Å². The van der Waals surface area contributed by atoms with Gasteiger partial charge in [-0.2, -0.15) is 0 Å². The van der Waals surface area contributed by atoms with Gasteiger partial charge in [0.2, 0.25) is 0 Å². The van der Waals surface area contributed by atoms with Gasteiger partial charge in [-0.25, -0.2) is 0 Å². The molecule has 2 rings (SSSR count). The van der Waals surface area contributed by atoms with Gasteiger partial charge in [-0.1, -0.05) is 23.8 Å². The summed E-state index contributed by atoms with van der Waals surface area (Å²) in [6.45, 7) is 0.984. The molecule has 1 N–H and O–H groups in total. The molecular formula is C8H8ClNS2. The normalized spacial score (nSPS) is 16.6. The third-order valence-electron chi connectivity index (χ3n) is 1.89. The summed E-state index contributed by atoms with van der Waals surface area (Å²) < 4.78 is 0.839. The van der Waals surface area contributed by atoms with E-state index in [1.54, 1.807) is 11.3 Å². The van der Waals surface area contributed by atoms with Crippen LogP contribution in [0.25, 0.3) is 0 Å². The minimum atomic E-state index is 0.839. The Kier molecular flexibility index (Phi) is 2.35. The van der Waals surface area contributed by atoms with E-state index >= 15 is 0 Å². The highest BCUT2D eigenvalue weighted by Gasteiger charge is 2.14. The standard InChI is InChI=1S/C8H8ClNS2/c9-7-4-5-6(12-7)2-1-3-10-8(5)11/h4H,1-3H2,(H,10,11). The van der Waals surface area contributed by atoms with Crippen molar-refractivity contribution in [3.63, 3.8) is 0 Å². The summed E-state index contributed by atoms with van der Waals surface area (Å²) in [6.07, 6.45) is 2.24. The summed E-state index contributed by atoms with van der Waals surface area (Å²) in [6, 6.07) is 1.96. The van der Waals surface area contributed by atoms with E-state index in [2.05, 4.69) is 5.32 Å². The third-order valence-corrected chi connectivity index (χ3v) is 3.58. The zero-order chi connectivity index (χ0) is 8.55. The molecule has 1 aliphatic heterocycles. The molecule has 0 radical (unpaired) electrons. The first-order valence-electron chi connectivity index (χ1n) is 3.84. The van der Waals surface area contributed by atoms with Crippen LogP contribution in [-0.4, -0.2) is 11.5 Å². The summed E-state index contributed by atoms with van der Waals surface area (Å²) in [7, 11) is 0. The van der Waals surface area contributed by atoms with Gasteiger partial charge in [0.1, 0.15) is 4.99 Å². The van der Waals surface area contributed by atoms with Crippen LogP contribution < -0.4 is 5.32 Å². The molecule has 0 fully saturated rings. The van der Waals surface area contributed by atoms with Gasteiger partial charge in [0.25, 0.3) is 0 Å². The predicted octanol–water partition coefficient (Wildman–Crippen LogP) is 2.61. The monoisotopic (exact) mass is 217 g/mol. The largest absolute Gasteiger partial charge is 0.376 e. The van der Waals surface area contributed by atoms with Gasteiger partial charge in [0.05, 0.1) is 4.34 Å². The molecule has 2 heterocycles. The first kappa shape index (κ1) is 8.48. The lowest BCUT2D eigenvalue weighted by Crippen LogP contribution is -2.20. The third kappa shape index (κ3) is 1.49. The number of hydrogen-bond acceptors (Lipinski definition) is 2. The first-order valence-corrected chi connectivity index (χ1v) is 5.44. The Bertz CT molecular complexity index is 319. The van der Waals surface area contributed by atoms with Gasteiger partial charge in [-0.3, -0.25) is 0 Å². The molecule has 1 aromatic heterocycles. The summed E-state index contributed by atoms with van der Waals surface area (Å²) in [5, 5.41) is 3.19. The Labute approximate surface area is 85.7 Å². The van der Waals surface area contributed by atoms with Crippen molar-refractivity contribution in [3.8, 4) is 0 Å². The van der Waals surface area contributed by atoms with Crippen LogP contribution in [0.15, 0.2) is 6.07 Å². The van der Waals surface area contributed by atoms with E-state index in [-0.39, 0.29) is 0 Å². The number of aryl methyl sites for hydroxylation is 1. The molecule has 4 heteroatoms. The number of thiophene rings is 1. The fraction of sp³-hybridized carbons (Fsp3) is 0.375. The molecule has 64 valence electrons. The van der Waals surface area contributed by atoms with E-state index in [1.807, 2.05) is 6.07 Å². The van der Waals surface area contributed by atoms with Crippen LogP contribution in [0.5, 0.6) is 0 Å². The van der Waals surface area contributed by atoms with Crippen molar-refractivity contribution in [1.82, 2.24) is 5.32 Å². The maximum absolute atomic E-state index is 5.90. The molecule has 0 aromatic carbocycles. The highest BCUT2D eigenvalue weighted by Crippen LogP contribution is 2.29. The fourth-order valence-corrected chi connectivity index (χ4v) is 2.99. The zero-order valence-electron chi connectivity index (χ0n) is 6.39. The smallest absolute Gasteiger partial charge is 0.107 e. The van der Waals surface area contributed by atoms with Crippen LogP contribution in [0, 0.1) is 0 Å². The molecule has 1 nitrogen and oxygen atoms in total. The summed E-state index contributed by atoms with van der Waals surface area (Å²) in [5.74, 6) is 0. The Balaban J connectivity index is 2.44. The Morgan fingerprint density at radius 3 is 3.25 bits per heavy atom. The van der Waals surface area contributed by atoms with Gasteiger partial charge in [-0.15, -0.1) is 11.3 Å². The number of rotatable bonds is 0. The van der Waals surface area contributed by atoms with E-state index < -0.39 is 0 Å². The van der Waals surface area contributed by atoms with Crippen molar-refractivity contribution in [2.75, 3.05) is 6.54 Å². The number of thiocarbonyl (C=S) groups is 1. The summed E-state index contributed by atoms with van der Waals surface area (Å²) in [5.41, 5.74) is 1.14. The second-order valence-corrected chi connectivity index (χ2v) is 4.92. The maximum Gasteiger partial charge on any atom is 0.107 e. The quantitative estimate of drug-likeness (QED) is 0.671. The predicted molar refractivity (Wildman–Crippen MR) is 57.4 cm³/mol. The Morgan fingerprint density at radius 1 is 1.58 bits per heavy atom. The van der Waals surface area contributed by atoms with Crippen molar-refractivity contribution in [2.24, 2.45) is 0 Å². The number of nitrogens with one attached hydrogen (secondary N) is 1. The minimum Gasteiger partial charge on any atom is -0.376 e. The second-order valence-electron chi connectivity index (χ2n) is 2.75. The Morgan fingerprint density at radius 2 is 2.42 bits per heavy atom. The number of halogens is 1. The van der Waals surface area contributed by atoms with Gasteiger partial charge >= 0.3 is 0 Å². The highest BCUT2D eigenvalue weighted by molar-refractivity contribution is 7.80. The maximum atomic E-state index is 5.90. The molecule has 1 aliphatic rings. The SMILES string of the molecule is S=C1NCCCc2sc(Cl)cc21. The second kappa shape index (κ2) is 3.32. The molecule has 0 atom stereocenters. The van der Waals surface area contributed by atoms with Crippen LogP contribution in [0.4, 0.5) is 0 Å². The zero-order valence-corrected chi connectivity index (χ0v) is 8.78. The first-order chi connectivity index (χ1) is 5.77. The van der Waals surface area contributed by atoms with Crippen LogP contribution in [0.1, 0.15) is 16.9 Å². The summed E-state index contributed by atoms with van der Waals surface area (Å²) in [4.78, 5) is 2.18. The lowest BCUT2D eigenvalue weighted by atomic mass is 10.2. The van der Waals surface area contributed by atoms with E-state index in [4.69, 9.17) is 23.8 Å². The molecule has 0 unspecified atom stereocenters. The van der Waals surface area contributed by atoms with E-state index in [1.165, 1.54) is 4.88 Å². The minimum absolute atomic E-state index is 0.839. The van der Waals surface area contributed by atoms with Crippen molar-refractivity contribution in [2.45, 2.75) is 12.8 Å². The molecule has 0 aliphatic carbocycles. The van der Waals surface area contributed by atoms with Gasteiger partial charge < -0.3 is 5.32 Å². The number of fused-ring (bicyclic) bond motifs is 1. The average Bonchev–Trinajstić information content (AvgIpc) is 2.33. The van der Waals surface area contributed by atoms with E-state index in [0.717, 1.165) is 34.3 Å². The molecule has 0 spiro atoms. The molecule has 12 heavy (non-hydrogen) atoms. The Hall–Kier alpha value is -0.120. The van der Waals surface area contributed by atoms with E-state index in [9.17, 15) is 0 Å². The van der Waals surface area contributed by atoms with Crippen molar-refractivity contribution in [1.29, 1.82) is 0 Å². The van der Waals surface area contributed by atoms with Crippen LogP contribution >= 0.6 is 35.2 Å². The topological polar surface area (TPSA) is 12.0 Å². The van der Waals surface area contributed by atoms with E-state index in [0.29, 0.717) is 0 Å².